The second kappa shape index (κ2) is 4.56. The number of hydrogen-bond acceptors (Lipinski definition) is 1. The maximum Gasteiger partial charge on any atom is 0.118 e. The molecular weight excluding hydrogens is 136 g/mol. The van der Waals surface area contributed by atoms with E-state index in [1.807, 2.05) is 30.4 Å². The molecule has 0 aliphatic heterocycles. The maximum absolute atomic E-state index is 5.08. The predicted octanol–water partition coefficient (Wildman–Crippen LogP) is 2.59. The molecule has 0 heterocycles. The minimum absolute atomic E-state index is 0.893. The van der Waals surface area contributed by atoms with Crippen molar-refractivity contribution < 1.29 is 4.74 Å². The molecule has 1 heteroatoms. The van der Waals surface area contributed by atoms with E-state index in [4.69, 9.17) is 4.74 Å². The van der Waals surface area contributed by atoms with Gasteiger partial charge < -0.3 is 4.74 Å². The minimum atomic E-state index is 0.893. The Morgan fingerprint density at radius 2 is 2.09 bits per heavy atom. The average molecular weight is 148 g/mol. The first-order valence-electron chi connectivity index (χ1n) is 3.67. The Hall–Kier alpha value is -1.24. The third-order valence-electron chi connectivity index (χ3n) is 1.41. The van der Waals surface area contributed by atoms with Crippen molar-refractivity contribution >= 4 is 0 Å². The lowest BCUT2D eigenvalue weighted by Gasteiger charge is -1.96. The van der Waals surface area contributed by atoms with E-state index < -0.39 is 0 Å². The standard InChI is InChI=1S/C10H12O/c1-11-10-8-6-4-2-3-5-7-9-10/h2-4,6-9H,5H2,1H3. The van der Waals surface area contributed by atoms with Gasteiger partial charge in [-0.3, -0.25) is 0 Å². The molecule has 1 nitrogen and oxygen atoms in total. The monoisotopic (exact) mass is 148 g/mol. The van der Waals surface area contributed by atoms with Gasteiger partial charge in [-0.15, -0.1) is 0 Å². The molecule has 1 aliphatic carbocycles. The fraction of sp³-hybridized carbons (Fsp3) is 0.200. The summed E-state index contributed by atoms with van der Waals surface area (Å²) in [6.45, 7) is 0. The Bertz CT molecular complexity index is 219. The molecule has 0 aromatic rings. The van der Waals surface area contributed by atoms with Crippen LogP contribution in [0.15, 0.2) is 48.3 Å². The molecule has 0 aromatic heterocycles. The predicted molar refractivity (Wildman–Crippen MR) is 47.1 cm³/mol. The molecule has 0 N–H and O–H groups in total. The molecule has 0 saturated carbocycles. The molecule has 0 atom stereocenters. The van der Waals surface area contributed by atoms with E-state index in [1.54, 1.807) is 7.11 Å². The Morgan fingerprint density at radius 3 is 2.91 bits per heavy atom. The molecule has 0 aromatic carbocycles. The molecule has 1 rings (SSSR count). The lowest BCUT2D eigenvalue weighted by molar-refractivity contribution is 0.307. The van der Waals surface area contributed by atoms with Gasteiger partial charge in [0.15, 0.2) is 0 Å². The van der Waals surface area contributed by atoms with Gasteiger partial charge in [0.2, 0.25) is 0 Å². The number of methoxy groups -OCH3 is 1. The first-order valence-corrected chi connectivity index (χ1v) is 3.67. The second-order valence-electron chi connectivity index (χ2n) is 2.22. The van der Waals surface area contributed by atoms with Crippen molar-refractivity contribution in [1.82, 2.24) is 0 Å². The summed E-state index contributed by atoms with van der Waals surface area (Å²) in [5.74, 6) is 0.893. The second-order valence-corrected chi connectivity index (χ2v) is 2.22. The largest absolute Gasteiger partial charge is 0.497 e. The summed E-state index contributed by atoms with van der Waals surface area (Å²) in [6, 6.07) is 0. The summed E-state index contributed by atoms with van der Waals surface area (Å²) in [4.78, 5) is 0. The van der Waals surface area contributed by atoms with Crippen LogP contribution < -0.4 is 0 Å². The Kier molecular flexibility index (Phi) is 3.26. The van der Waals surface area contributed by atoms with E-state index >= 15 is 0 Å². The highest BCUT2D eigenvalue weighted by molar-refractivity contribution is 5.23. The van der Waals surface area contributed by atoms with Crippen LogP contribution in [0.4, 0.5) is 0 Å². The van der Waals surface area contributed by atoms with Gasteiger partial charge in [-0.25, -0.2) is 0 Å². The quantitative estimate of drug-likeness (QED) is 0.555. The lowest BCUT2D eigenvalue weighted by Crippen LogP contribution is -1.79. The van der Waals surface area contributed by atoms with Crippen LogP contribution in [0.1, 0.15) is 6.42 Å². The molecule has 0 spiro atoms. The SMILES string of the molecule is COC1=CC=CC=CCC=C1. The van der Waals surface area contributed by atoms with E-state index in [-0.39, 0.29) is 0 Å². The van der Waals surface area contributed by atoms with Crippen molar-refractivity contribution in [1.29, 1.82) is 0 Å². The van der Waals surface area contributed by atoms with E-state index in [0.29, 0.717) is 0 Å². The van der Waals surface area contributed by atoms with Gasteiger partial charge in [-0.2, -0.15) is 0 Å². The fourth-order valence-electron chi connectivity index (χ4n) is 0.826. The van der Waals surface area contributed by atoms with Crippen molar-refractivity contribution in [2.45, 2.75) is 6.42 Å². The Labute approximate surface area is 67.4 Å². The van der Waals surface area contributed by atoms with Crippen LogP contribution in [0.3, 0.4) is 0 Å². The normalized spacial score (nSPS) is 16.6. The van der Waals surface area contributed by atoms with Gasteiger partial charge in [0.05, 0.1) is 7.11 Å². The highest BCUT2D eigenvalue weighted by Crippen LogP contribution is 2.01. The van der Waals surface area contributed by atoms with E-state index in [9.17, 15) is 0 Å². The van der Waals surface area contributed by atoms with Crippen molar-refractivity contribution in [3.8, 4) is 0 Å². The summed E-state index contributed by atoms with van der Waals surface area (Å²) >= 11 is 0. The number of hydrogen-bond donors (Lipinski definition) is 0. The summed E-state index contributed by atoms with van der Waals surface area (Å²) in [6.07, 6.45) is 15.0. The van der Waals surface area contributed by atoms with Gasteiger partial charge in [0.25, 0.3) is 0 Å². The molecule has 1 aliphatic rings. The number of ether oxygens (including phenoxy) is 1. The lowest BCUT2D eigenvalue weighted by atomic mass is 10.3. The smallest absolute Gasteiger partial charge is 0.118 e. The van der Waals surface area contributed by atoms with Gasteiger partial charge in [0, 0.05) is 0 Å². The molecule has 0 saturated heterocycles. The zero-order valence-electron chi connectivity index (χ0n) is 6.66. The summed E-state index contributed by atoms with van der Waals surface area (Å²) < 4.78 is 5.08. The van der Waals surface area contributed by atoms with Crippen molar-refractivity contribution in [3.05, 3.63) is 48.3 Å². The maximum atomic E-state index is 5.08. The number of rotatable bonds is 1. The fourth-order valence-corrected chi connectivity index (χ4v) is 0.826. The molecule has 11 heavy (non-hydrogen) atoms. The zero-order chi connectivity index (χ0) is 7.94. The molecule has 0 amide bonds. The van der Waals surface area contributed by atoms with Crippen LogP contribution in [0.2, 0.25) is 0 Å². The number of allylic oxidation sites excluding steroid dienone is 7. The first kappa shape index (κ1) is 7.86. The Balaban J connectivity index is 2.71. The molecular formula is C10H12O. The van der Waals surface area contributed by atoms with Crippen LogP contribution in [-0.4, -0.2) is 7.11 Å². The van der Waals surface area contributed by atoms with Gasteiger partial charge in [-0.1, -0.05) is 30.4 Å². The summed E-state index contributed by atoms with van der Waals surface area (Å²) in [5.41, 5.74) is 0. The molecule has 58 valence electrons. The zero-order valence-corrected chi connectivity index (χ0v) is 6.66. The van der Waals surface area contributed by atoms with E-state index in [1.165, 1.54) is 0 Å². The van der Waals surface area contributed by atoms with Crippen molar-refractivity contribution in [2.24, 2.45) is 0 Å². The minimum Gasteiger partial charge on any atom is -0.497 e. The van der Waals surface area contributed by atoms with Crippen LogP contribution in [-0.2, 0) is 4.74 Å². The molecule has 0 bridgehead atoms. The first-order chi connectivity index (χ1) is 5.43. The molecule has 0 radical (unpaired) electrons. The molecule has 0 unspecified atom stereocenters. The Morgan fingerprint density at radius 1 is 1.18 bits per heavy atom. The summed E-state index contributed by atoms with van der Waals surface area (Å²) in [5, 5.41) is 0. The van der Waals surface area contributed by atoms with E-state index in [2.05, 4.69) is 12.2 Å². The average Bonchev–Trinajstić information content (AvgIpc) is 2.16. The highest BCUT2D eigenvalue weighted by Gasteiger charge is 1.85. The summed E-state index contributed by atoms with van der Waals surface area (Å²) in [7, 11) is 1.68. The van der Waals surface area contributed by atoms with Crippen LogP contribution in [0.5, 0.6) is 0 Å². The van der Waals surface area contributed by atoms with Gasteiger partial charge in [0.1, 0.15) is 5.76 Å². The van der Waals surface area contributed by atoms with Gasteiger partial charge in [-0.05, 0) is 18.6 Å². The van der Waals surface area contributed by atoms with Crippen LogP contribution in [0, 0.1) is 0 Å². The highest BCUT2D eigenvalue weighted by atomic mass is 16.5. The van der Waals surface area contributed by atoms with Crippen LogP contribution in [0.25, 0.3) is 0 Å². The third-order valence-corrected chi connectivity index (χ3v) is 1.41. The van der Waals surface area contributed by atoms with Crippen molar-refractivity contribution in [3.63, 3.8) is 0 Å². The molecule has 0 fully saturated rings. The van der Waals surface area contributed by atoms with Crippen LogP contribution >= 0.6 is 0 Å². The van der Waals surface area contributed by atoms with E-state index in [0.717, 1.165) is 12.2 Å². The third kappa shape index (κ3) is 2.89. The van der Waals surface area contributed by atoms with Crippen molar-refractivity contribution in [2.75, 3.05) is 7.11 Å². The topological polar surface area (TPSA) is 9.23 Å². The van der Waals surface area contributed by atoms with Gasteiger partial charge >= 0.3 is 0 Å².